The maximum absolute atomic E-state index is 5.66. The van der Waals surface area contributed by atoms with E-state index < -0.39 is 0 Å². The molecule has 1 atom stereocenters. The van der Waals surface area contributed by atoms with Crippen molar-refractivity contribution in [2.24, 2.45) is 4.99 Å². The van der Waals surface area contributed by atoms with Crippen LogP contribution in [0.2, 0.25) is 0 Å². The van der Waals surface area contributed by atoms with Crippen LogP contribution in [0.4, 0.5) is 0 Å². The molecule has 1 aromatic rings. The fourth-order valence-electron chi connectivity index (χ4n) is 2.68. The number of ether oxygens (including phenoxy) is 4. The Kier molecular flexibility index (Phi) is 14.0. The zero-order valence-corrected chi connectivity index (χ0v) is 19.1. The average Bonchev–Trinajstić information content (AvgIpc) is 3.21. The number of aliphatic imine (C=N–C) groups is 1. The molecule has 2 heterocycles. The van der Waals surface area contributed by atoms with Gasteiger partial charge in [0.15, 0.2) is 5.96 Å². The fourth-order valence-corrected chi connectivity index (χ4v) is 2.68. The van der Waals surface area contributed by atoms with Gasteiger partial charge >= 0.3 is 0 Å². The summed E-state index contributed by atoms with van der Waals surface area (Å²) in [5, 5.41) is 6.57. The Hall–Kier alpha value is -1.17. The van der Waals surface area contributed by atoms with E-state index in [2.05, 4.69) is 20.6 Å². The van der Waals surface area contributed by atoms with Crippen LogP contribution in [0, 0.1) is 0 Å². The molecule has 0 spiro atoms. The molecule has 0 saturated carbocycles. The van der Waals surface area contributed by atoms with Gasteiger partial charge in [0, 0.05) is 52.2 Å². The first-order valence-corrected chi connectivity index (χ1v) is 9.53. The lowest BCUT2D eigenvalue weighted by molar-refractivity contribution is 0.0168. The van der Waals surface area contributed by atoms with Crippen LogP contribution in [0.3, 0.4) is 0 Å². The molecule has 1 aromatic heterocycles. The summed E-state index contributed by atoms with van der Waals surface area (Å²) in [6.07, 6.45) is 5.17. The summed E-state index contributed by atoms with van der Waals surface area (Å²) in [6, 6.07) is 3.87. The number of pyridine rings is 1. The van der Waals surface area contributed by atoms with Gasteiger partial charge in [0.1, 0.15) is 6.61 Å². The van der Waals surface area contributed by atoms with Crippen LogP contribution in [0.15, 0.2) is 23.3 Å². The van der Waals surface area contributed by atoms with Crippen LogP contribution in [0.25, 0.3) is 0 Å². The van der Waals surface area contributed by atoms with Crippen LogP contribution in [-0.4, -0.2) is 70.8 Å². The van der Waals surface area contributed by atoms with Gasteiger partial charge in [0.25, 0.3) is 0 Å². The third-order valence-electron chi connectivity index (χ3n) is 4.13. The molecule has 0 aliphatic carbocycles. The molecule has 0 aromatic carbocycles. The monoisotopic (exact) mass is 508 g/mol. The zero-order chi connectivity index (χ0) is 19.2. The Morgan fingerprint density at radius 2 is 2.21 bits per heavy atom. The van der Waals surface area contributed by atoms with Gasteiger partial charge in [-0.3, -0.25) is 4.99 Å². The summed E-state index contributed by atoms with van der Waals surface area (Å²) >= 11 is 0. The van der Waals surface area contributed by atoms with Crippen molar-refractivity contribution >= 4 is 29.9 Å². The van der Waals surface area contributed by atoms with E-state index in [0.717, 1.165) is 43.9 Å². The number of methoxy groups -OCH3 is 1. The molecule has 9 heteroatoms. The van der Waals surface area contributed by atoms with Gasteiger partial charge < -0.3 is 29.6 Å². The molecule has 1 aliphatic rings. The molecule has 28 heavy (non-hydrogen) atoms. The van der Waals surface area contributed by atoms with Crippen LogP contribution in [0.1, 0.15) is 24.8 Å². The number of aromatic nitrogens is 1. The lowest BCUT2D eigenvalue weighted by atomic mass is 10.2. The van der Waals surface area contributed by atoms with E-state index in [0.29, 0.717) is 38.9 Å². The highest BCUT2D eigenvalue weighted by Crippen LogP contribution is 2.14. The average molecular weight is 508 g/mol. The maximum atomic E-state index is 5.66. The second kappa shape index (κ2) is 15.7. The van der Waals surface area contributed by atoms with E-state index in [4.69, 9.17) is 18.9 Å². The number of nitrogens with one attached hydrogen (secondary N) is 2. The lowest BCUT2D eigenvalue weighted by Gasteiger charge is -2.14. The maximum Gasteiger partial charge on any atom is 0.218 e. The van der Waals surface area contributed by atoms with Crippen molar-refractivity contribution in [2.75, 3.05) is 53.7 Å². The highest BCUT2D eigenvalue weighted by molar-refractivity contribution is 14.0. The molecule has 0 amide bonds. The molecule has 0 bridgehead atoms. The molecule has 2 rings (SSSR count). The Morgan fingerprint density at radius 3 is 2.96 bits per heavy atom. The van der Waals surface area contributed by atoms with E-state index in [1.807, 2.05) is 12.1 Å². The predicted octanol–water partition coefficient (Wildman–Crippen LogP) is 1.98. The third-order valence-corrected chi connectivity index (χ3v) is 4.13. The Morgan fingerprint density at radius 1 is 1.32 bits per heavy atom. The summed E-state index contributed by atoms with van der Waals surface area (Å²) in [5.41, 5.74) is 0.969. The Balaban J connectivity index is 0.00000392. The van der Waals surface area contributed by atoms with E-state index in [1.165, 1.54) is 0 Å². The minimum absolute atomic E-state index is 0. The van der Waals surface area contributed by atoms with Gasteiger partial charge in [-0.05, 0) is 25.3 Å². The van der Waals surface area contributed by atoms with Gasteiger partial charge in [0.2, 0.25) is 5.88 Å². The first kappa shape index (κ1) is 24.9. The Labute approximate surface area is 184 Å². The van der Waals surface area contributed by atoms with Crippen molar-refractivity contribution in [3.8, 4) is 5.88 Å². The number of guanidine groups is 1. The van der Waals surface area contributed by atoms with Gasteiger partial charge in [-0.15, -0.1) is 24.0 Å². The number of halogens is 1. The number of hydrogen-bond acceptors (Lipinski definition) is 6. The van der Waals surface area contributed by atoms with Crippen molar-refractivity contribution in [1.29, 1.82) is 0 Å². The summed E-state index contributed by atoms with van der Waals surface area (Å²) in [5.74, 6) is 1.35. The Bertz CT molecular complexity index is 556. The van der Waals surface area contributed by atoms with Crippen LogP contribution < -0.4 is 15.4 Å². The highest BCUT2D eigenvalue weighted by atomic mass is 127. The normalized spacial score (nSPS) is 16.5. The van der Waals surface area contributed by atoms with Crippen LogP contribution >= 0.6 is 24.0 Å². The molecule has 2 N–H and O–H groups in total. The fraction of sp³-hybridized carbons (Fsp3) is 0.684. The number of nitrogens with zero attached hydrogens (tertiary/aromatic N) is 2. The standard InChI is InChI=1S/C19H32N4O4.HI/c1-20-19(22-9-5-10-25-15-17-7-4-11-26-17)23-14-16-6-3-8-21-18(16)27-13-12-24-2;/h3,6,8,17H,4-5,7,9-15H2,1-2H3,(H2,20,22,23);1H. The summed E-state index contributed by atoms with van der Waals surface area (Å²) in [6.45, 7) is 4.64. The zero-order valence-electron chi connectivity index (χ0n) is 16.8. The van der Waals surface area contributed by atoms with Crippen LogP contribution in [-0.2, 0) is 20.8 Å². The summed E-state index contributed by atoms with van der Waals surface area (Å²) < 4.78 is 21.9. The SMILES string of the molecule is CN=C(NCCCOCC1CCCO1)NCc1cccnc1OCCOC.I. The summed E-state index contributed by atoms with van der Waals surface area (Å²) in [7, 11) is 3.40. The first-order chi connectivity index (χ1) is 13.3. The van der Waals surface area contributed by atoms with E-state index in [-0.39, 0.29) is 30.1 Å². The smallest absolute Gasteiger partial charge is 0.218 e. The minimum Gasteiger partial charge on any atom is -0.475 e. The molecular formula is C19H33IN4O4. The second-order valence-corrected chi connectivity index (χ2v) is 6.22. The second-order valence-electron chi connectivity index (χ2n) is 6.22. The largest absolute Gasteiger partial charge is 0.475 e. The molecule has 1 fully saturated rings. The lowest BCUT2D eigenvalue weighted by Crippen LogP contribution is -2.37. The molecule has 1 saturated heterocycles. The van der Waals surface area contributed by atoms with Gasteiger partial charge in [-0.25, -0.2) is 4.98 Å². The van der Waals surface area contributed by atoms with Crippen molar-refractivity contribution in [3.05, 3.63) is 23.9 Å². The van der Waals surface area contributed by atoms with Crippen molar-refractivity contribution < 1.29 is 18.9 Å². The third kappa shape index (κ3) is 9.85. The quantitative estimate of drug-likeness (QED) is 0.193. The number of hydrogen-bond donors (Lipinski definition) is 2. The number of rotatable bonds is 12. The molecule has 0 radical (unpaired) electrons. The van der Waals surface area contributed by atoms with E-state index >= 15 is 0 Å². The van der Waals surface area contributed by atoms with E-state index in [9.17, 15) is 0 Å². The van der Waals surface area contributed by atoms with Crippen molar-refractivity contribution in [2.45, 2.75) is 31.9 Å². The van der Waals surface area contributed by atoms with Gasteiger partial charge in [-0.2, -0.15) is 0 Å². The molecule has 1 unspecified atom stereocenters. The van der Waals surface area contributed by atoms with Crippen LogP contribution in [0.5, 0.6) is 5.88 Å². The highest BCUT2D eigenvalue weighted by Gasteiger charge is 2.14. The minimum atomic E-state index is 0. The van der Waals surface area contributed by atoms with E-state index in [1.54, 1.807) is 20.4 Å². The summed E-state index contributed by atoms with van der Waals surface area (Å²) in [4.78, 5) is 8.52. The molecular weight excluding hydrogens is 475 g/mol. The topological polar surface area (TPSA) is 86.2 Å². The predicted molar refractivity (Wildman–Crippen MR) is 120 cm³/mol. The molecule has 160 valence electrons. The molecule has 1 aliphatic heterocycles. The molecule has 8 nitrogen and oxygen atoms in total. The van der Waals surface area contributed by atoms with Crippen molar-refractivity contribution in [1.82, 2.24) is 15.6 Å². The van der Waals surface area contributed by atoms with Crippen molar-refractivity contribution in [3.63, 3.8) is 0 Å². The van der Waals surface area contributed by atoms with Gasteiger partial charge in [0.05, 0.1) is 19.3 Å². The first-order valence-electron chi connectivity index (χ1n) is 9.53. The van der Waals surface area contributed by atoms with Gasteiger partial charge in [-0.1, -0.05) is 6.07 Å².